The van der Waals surface area contributed by atoms with Crippen LogP contribution in [0.3, 0.4) is 0 Å². The molecule has 1 unspecified atom stereocenters. The van der Waals surface area contributed by atoms with E-state index in [9.17, 15) is 0 Å². The summed E-state index contributed by atoms with van der Waals surface area (Å²) in [6, 6.07) is 6.44. The quantitative estimate of drug-likeness (QED) is 0.839. The van der Waals surface area contributed by atoms with Crippen LogP contribution in [-0.2, 0) is 6.54 Å². The predicted octanol–water partition coefficient (Wildman–Crippen LogP) is 4.15. The van der Waals surface area contributed by atoms with E-state index < -0.39 is 0 Å². The van der Waals surface area contributed by atoms with Crippen molar-refractivity contribution in [3.63, 3.8) is 0 Å². The Morgan fingerprint density at radius 1 is 1.47 bits per heavy atom. The van der Waals surface area contributed by atoms with Crippen LogP contribution in [0.4, 0.5) is 0 Å². The summed E-state index contributed by atoms with van der Waals surface area (Å²) in [7, 11) is 0. The molecule has 1 aromatic heterocycles. The number of rotatable bonds is 4. The highest BCUT2D eigenvalue weighted by molar-refractivity contribution is 7.99. The molecule has 0 spiro atoms. The third-order valence-corrected chi connectivity index (χ3v) is 4.45. The second kappa shape index (κ2) is 5.27. The van der Waals surface area contributed by atoms with Crippen molar-refractivity contribution < 1.29 is 0 Å². The molecule has 0 saturated carbocycles. The van der Waals surface area contributed by atoms with E-state index >= 15 is 0 Å². The lowest BCUT2D eigenvalue weighted by atomic mass is 10.2. The normalized spacial score (nSPS) is 13.1. The van der Waals surface area contributed by atoms with Gasteiger partial charge in [0.2, 0.25) is 0 Å². The number of hydrogen-bond donors (Lipinski definition) is 1. The SMILES string of the molecule is CSC(C)CCn1c(=S)[nH]c2cc(C)ccc21. The molecule has 17 heavy (non-hydrogen) atoms. The number of aromatic amines is 1. The second-order valence-corrected chi connectivity index (χ2v) is 6.10. The van der Waals surface area contributed by atoms with Crippen LogP contribution < -0.4 is 0 Å². The summed E-state index contributed by atoms with van der Waals surface area (Å²) in [5, 5.41) is 0.673. The van der Waals surface area contributed by atoms with E-state index in [0.29, 0.717) is 5.25 Å². The van der Waals surface area contributed by atoms with Gasteiger partial charge in [0, 0.05) is 11.8 Å². The fourth-order valence-electron chi connectivity index (χ4n) is 1.93. The molecular formula is C13H18N2S2. The van der Waals surface area contributed by atoms with Crippen LogP contribution in [0.2, 0.25) is 0 Å². The number of hydrogen-bond acceptors (Lipinski definition) is 2. The summed E-state index contributed by atoms with van der Waals surface area (Å²) >= 11 is 7.29. The van der Waals surface area contributed by atoms with Gasteiger partial charge in [-0.05, 0) is 49.5 Å². The van der Waals surface area contributed by atoms with Gasteiger partial charge < -0.3 is 9.55 Å². The lowest BCUT2D eigenvalue weighted by molar-refractivity contribution is 0.648. The fourth-order valence-corrected chi connectivity index (χ4v) is 2.57. The van der Waals surface area contributed by atoms with Crippen molar-refractivity contribution in [3.8, 4) is 0 Å². The Hall–Kier alpha value is -0.740. The molecule has 1 heterocycles. The van der Waals surface area contributed by atoms with Crippen LogP contribution in [0.5, 0.6) is 0 Å². The molecule has 0 saturated heterocycles. The minimum Gasteiger partial charge on any atom is -0.331 e. The maximum absolute atomic E-state index is 5.39. The zero-order valence-corrected chi connectivity index (χ0v) is 12.1. The van der Waals surface area contributed by atoms with Gasteiger partial charge >= 0.3 is 0 Å². The first kappa shape index (κ1) is 12.7. The van der Waals surface area contributed by atoms with Crippen LogP contribution in [0.25, 0.3) is 11.0 Å². The van der Waals surface area contributed by atoms with Gasteiger partial charge in [-0.2, -0.15) is 11.8 Å². The van der Waals surface area contributed by atoms with E-state index in [0.717, 1.165) is 23.3 Å². The molecule has 0 aliphatic rings. The number of nitrogens with one attached hydrogen (secondary N) is 1. The minimum absolute atomic E-state index is 0.673. The number of thioether (sulfide) groups is 1. The summed E-state index contributed by atoms with van der Waals surface area (Å²) in [6.45, 7) is 5.35. The van der Waals surface area contributed by atoms with Crippen molar-refractivity contribution >= 4 is 35.0 Å². The standard InChI is InChI=1S/C13H18N2S2/c1-9-4-5-12-11(8-9)14-13(16)15(12)7-6-10(2)17-3/h4-5,8,10H,6-7H2,1-3H3,(H,14,16). The first-order valence-corrected chi connectivity index (χ1v) is 7.53. The average Bonchev–Trinajstić information content (AvgIpc) is 2.61. The number of aromatic nitrogens is 2. The molecule has 0 fully saturated rings. The van der Waals surface area contributed by atoms with Gasteiger partial charge in [-0.25, -0.2) is 0 Å². The van der Waals surface area contributed by atoms with Gasteiger partial charge in [-0.1, -0.05) is 13.0 Å². The zero-order chi connectivity index (χ0) is 12.4. The Morgan fingerprint density at radius 2 is 2.24 bits per heavy atom. The molecule has 0 bridgehead atoms. The molecule has 1 atom stereocenters. The largest absolute Gasteiger partial charge is 0.331 e. The molecule has 0 radical (unpaired) electrons. The van der Waals surface area contributed by atoms with Crippen LogP contribution in [0.1, 0.15) is 18.9 Å². The molecule has 92 valence electrons. The zero-order valence-electron chi connectivity index (χ0n) is 10.5. The Labute approximate surface area is 111 Å². The monoisotopic (exact) mass is 266 g/mol. The van der Waals surface area contributed by atoms with Crippen LogP contribution in [0, 0.1) is 11.7 Å². The molecule has 0 amide bonds. The van der Waals surface area contributed by atoms with Crippen molar-refractivity contribution in [2.75, 3.05) is 6.26 Å². The van der Waals surface area contributed by atoms with Gasteiger partial charge in [-0.15, -0.1) is 0 Å². The molecule has 2 aromatic rings. The Bertz CT molecular complexity index is 568. The van der Waals surface area contributed by atoms with E-state index in [-0.39, 0.29) is 0 Å². The number of imidazole rings is 1. The van der Waals surface area contributed by atoms with Crippen molar-refractivity contribution in [1.82, 2.24) is 9.55 Å². The first-order chi connectivity index (χ1) is 8.11. The van der Waals surface area contributed by atoms with Gasteiger partial charge in [0.05, 0.1) is 11.0 Å². The number of aryl methyl sites for hydroxylation is 2. The Kier molecular flexibility index (Phi) is 3.94. The number of benzene rings is 1. The van der Waals surface area contributed by atoms with Gasteiger partial charge in [-0.3, -0.25) is 0 Å². The lowest BCUT2D eigenvalue weighted by Gasteiger charge is -2.09. The Balaban J connectivity index is 2.33. The molecule has 4 heteroatoms. The first-order valence-electron chi connectivity index (χ1n) is 5.84. The van der Waals surface area contributed by atoms with Crippen molar-refractivity contribution in [2.24, 2.45) is 0 Å². The van der Waals surface area contributed by atoms with Crippen molar-refractivity contribution in [1.29, 1.82) is 0 Å². The van der Waals surface area contributed by atoms with Crippen LogP contribution in [-0.4, -0.2) is 21.1 Å². The predicted molar refractivity (Wildman–Crippen MR) is 79.5 cm³/mol. The van der Waals surface area contributed by atoms with Gasteiger partial charge in [0.15, 0.2) is 4.77 Å². The van der Waals surface area contributed by atoms with Crippen molar-refractivity contribution in [3.05, 3.63) is 28.5 Å². The fraction of sp³-hybridized carbons (Fsp3) is 0.462. The van der Waals surface area contributed by atoms with Crippen molar-refractivity contribution in [2.45, 2.75) is 32.1 Å². The number of H-pyrrole nitrogens is 1. The van der Waals surface area contributed by atoms with Crippen LogP contribution >= 0.6 is 24.0 Å². The summed E-state index contributed by atoms with van der Waals surface area (Å²) in [6.07, 6.45) is 3.30. The van der Waals surface area contributed by atoms with Crippen LogP contribution in [0.15, 0.2) is 18.2 Å². The smallest absolute Gasteiger partial charge is 0.178 e. The van der Waals surface area contributed by atoms with E-state index in [1.807, 2.05) is 11.8 Å². The topological polar surface area (TPSA) is 20.7 Å². The highest BCUT2D eigenvalue weighted by Gasteiger charge is 2.06. The van der Waals surface area contributed by atoms with E-state index in [4.69, 9.17) is 12.2 Å². The van der Waals surface area contributed by atoms with E-state index in [2.05, 4.69) is 47.9 Å². The molecule has 2 nitrogen and oxygen atoms in total. The maximum atomic E-state index is 5.39. The molecule has 0 aliphatic heterocycles. The maximum Gasteiger partial charge on any atom is 0.178 e. The number of fused-ring (bicyclic) bond motifs is 1. The highest BCUT2D eigenvalue weighted by atomic mass is 32.2. The van der Waals surface area contributed by atoms with E-state index in [1.165, 1.54) is 11.1 Å². The average molecular weight is 266 g/mol. The molecular weight excluding hydrogens is 248 g/mol. The third kappa shape index (κ3) is 2.75. The Morgan fingerprint density at radius 3 is 2.94 bits per heavy atom. The molecule has 0 aliphatic carbocycles. The lowest BCUT2D eigenvalue weighted by Crippen LogP contribution is -2.04. The molecule has 1 aromatic carbocycles. The van der Waals surface area contributed by atoms with Gasteiger partial charge in [0.1, 0.15) is 0 Å². The summed E-state index contributed by atoms with van der Waals surface area (Å²) < 4.78 is 3.04. The summed E-state index contributed by atoms with van der Waals surface area (Å²) in [4.78, 5) is 3.28. The van der Waals surface area contributed by atoms with E-state index in [1.54, 1.807) is 0 Å². The summed E-state index contributed by atoms with van der Waals surface area (Å²) in [5.41, 5.74) is 3.62. The minimum atomic E-state index is 0.673. The molecule has 2 rings (SSSR count). The second-order valence-electron chi connectivity index (χ2n) is 4.44. The third-order valence-electron chi connectivity index (χ3n) is 3.09. The van der Waals surface area contributed by atoms with Gasteiger partial charge in [0.25, 0.3) is 0 Å². The molecule has 1 N–H and O–H groups in total. The summed E-state index contributed by atoms with van der Waals surface area (Å²) in [5.74, 6) is 0. The number of nitrogens with zero attached hydrogens (tertiary/aromatic N) is 1. The highest BCUT2D eigenvalue weighted by Crippen LogP contribution is 2.18.